The zero-order chi connectivity index (χ0) is 15.7. The minimum absolute atomic E-state index is 0.0811. The van der Waals surface area contributed by atoms with Gasteiger partial charge in [-0.25, -0.2) is 18.3 Å². The standard InChI is InChI=1S/C15H9F2N3O2/c16-10-4-1-3-9(7-10)14-13(15(21)22)18-19-20(14)12-6-2-5-11(17)8-12/h1-8H,(H,21,22). The highest BCUT2D eigenvalue weighted by atomic mass is 19.1. The molecule has 2 aromatic carbocycles. The van der Waals surface area contributed by atoms with E-state index in [0.29, 0.717) is 5.69 Å². The third-order valence-electron chi connectivity index (χ3n) is 3.02. The molecule has 1 aromatic heterocycles. The van der Waals surface area contributed by atoms with Gasteiger partial charge in [-0.2, -0.15) is 0 Å². The maximum Gasteiger partial charge on any atom is 0.358 e. The average molecular weight is 301 g/mol. The van der Waals surface area contributed by atoms with E-state index in [1.807, 2.05) is 0 Å². The van der Waals surface area contributed by atoms with Gasteiger partial charge in [-0.05, 0) is 30.3 Å². The molecule has 0 amide bonds. The van der Waals surface area contributed by atoms with Crippen LogP contribution in [0.3, 0.4) is 0 Å². The van der Waals surface area contributed by atoms with Gasteiger partial charge in [-0.15, -0.1) is 5.10 Å². The van der Waals surface area contributed by atoms with Gasteiger partial charge >= 0.3 is 5.97 Å². The van der Waals surface area contributed by atoms with Crippen LogP contribution >= 0.6 is 0 Å². The molecule has 0 atom stereocenters. The monoisotopic (exact) mass is 301 g/mol. The summed E-state index contributed by atoms with van der Waals surface area (Å²) in [7, 11) is 0. The van der Waals surface area contributed by atoms with Gasteiger partial charge < -0.3 is 5.11 Å². The van der Waals surface area contributed by atoms with E-state index >= 15 is 0 Å². The number of aromatic carboxylic acids is 1. The van der Waals surface area contributed by atoms with E-state index in [1.54, 1.807) is 6.07 Å². The molecule has 7 heteroatoms. The van der Waals surface area contributed by atoms with E-state index in [-0.39, 0.29) is 17.0 Å². The number of benzene rings is 2. The molecule has 22 heavy (non-hydrogen) atoms. The largest absolute Gasteiger partial charge is 0.476 e. The van der Waals surface area contributed by atoms with Gasteiger partial charge in [0.15, 0.2) is 5.69 Å². The fraction of sp³-hybridized carbons (Fsp3) is 0. The Morgan fingerprint density at radius 1 is 1.05 bits per heavy atom. The molecule has 0 fully saturated rings. The van der Waals surface area contributed by atoms with Gasteiger partial charge in [0.2, 0.25) is 0 Å². The molecule has 1 heterocycles. The first-order chi connectivity index (χ1) is 10.6. The highest BCUT2D eigenvalue weighted by Gasteiger charge is 2.22. The SMILES string of the molecule is O=C(O)c1nnn(-c2cccc(F)c2)c1-c1cccc(F)c1. The third-order valence-corrected chi connectivity index (χ3v) is 3.02. The molecule has 0 aliphatic carbocycles. The second kappa shape index (κ2) is 5.36. The zero-order valence-corrected chi connectivity index (χ0v) is 11.1. The molecule has 5 nitrogen and oxygen atoms in total. The van der Waals surface area contributed by atoms with Crippen LogP contribution in [0.4, 0.5) is 8.78 Å². The van der Waals surface area contributed by atoms with Gasteiger partial charge in [0.1, 0.15) is 17.3 Å². The van der Waals surface area contributed by atoms with Crippen molar-refractivity contribution in [2.24, 2.45) is 0 Å². The molecule has 3 aromatic rings. The van der Waals surface area contributed by atoms with Crippen molar-refractivity contribution in [1.29, 1.82) is 0 Å². The van der Waals surface area contributed by atoms with Crippen LogP contribution < -0.4 is 0 Å². The second-order valence-electron chi connectivity index (χ2n) is 4.49. The summed E-state index contributed by atoms with van der Waals surface area (Å²) in [5.41, 5.74) is 0.318. The van der Waals surface area contributed by atoms with Crippen molar-refractivity contribution in [2.45, 2.75) is 0 Å². The lowest BCUT2D eigenvalue weighted by molar-refractivity contribution is 0.0691. The molecule has 0 aliphatic heterocycles. The van der Waals surface area contributed by atoms with Crippen molar-refractivity contribution in [1.82, 2.24) is 15.0 Å². The maximum absolute atomic E-state index is 13.4. The fourth-order valence-electron chi connectivity index (χ4n) is 2.11. The molecule has 0 spiro atoms. The molecular formula is C15H9F2N3O2. The van der Waals surface area contributed by atoms with E-state index in [9.17, 15) is 18.7 Å². The number of hydrogen-bond acceptors (Lipinski definition) is 3. The summed E-state index contributed by atoms with van der Waals surface area (Å²) in [6, 6.07) is 10.8. The maximum atomic E-state index is 13.4. The summed E-state index contributed by atoms with van der Waals surface area (Å²) in [5.74, 6) is -2.34. The molecule has 0 saturated heterocycles. The molecule has 3 rings (SSSR count). The van der Waals surface area contributed by atoms with Crippen molar-refractivity contribution in [3.63, 3.8) is 0 Å². The Kier molecular flexibility index (Phi) is 3.38. The first-order valence-electron chi connectivity index (χ1n) is 6.27. The highest BCUT2D eigenvalue weighted by Crippen LogP contribution is 2.26. The molecule has 0 aliphatic rings. The summed E-state index contributed by atoms with van der Waals surface area (Å²) < 4.78 is 28.0. The molecular weight excluding hydrogens is 292 g/mol. The number of aromatic nitrogens is 3. The van der Waals surface area contributed by atoms with Crippen LogP contribution in [0, 0.1) is 11.6 Å². The van der Waals surface area contributed by atoms with Crippen LogP contribution in [0.15, 0.2) is 48.5 Å². The first-order valence-corrected chi connectivity index (χ1v) is 6.27. The Bertz CT molecular complexity index is 861. The zero-order valence-electron chi connectivity index (χ0n) is 11.1. The van der Waals surface area contributed by atoms with Crippen LogP contribution in [0.2, 0.25) is 0 Å². The lowest BCUT2D eigenvalue weighted by atomic mass is 10.1. The van der Waals surface area contributed by atoms with E-state index in [1.165, 1.54) is 47.1 Å². The van der Waals surface area contributed by atoms with Gasteiger partial charge in [-0.1, -0.05) is 23.4 Å². The van der Waals surface area contributed by atoms with E-state index in [2.05, 4.69) is 10.3 Å². The van der Waals surface area contributed by atoms with Crippen LogP contribution in [0.25, 0.3) is 16.9 Å². The third kappa shape index (κ3) is 2.44. The number of hydrogen-bond donors (Lipinski definition) is 1. The summed E-state index contributed by atoms with van der Waals surface area (Å²) in [4.78, 5) is 11.3. The Morgan fingerprint density at radius 3 is 2.36 bits per heavy atom. The lowest BCUT2D eigenvalue weighted by Gasteiger charge is -2.07. The van der Waals surface area contributed by atoms with Gasteiger partial charge in [-0.3, -0.25) is 0 Å². The van der Waals surface area contributed by atoms with Gasteiger partial charge in [0.05, 0.1) is 5.69 Å². The number of rotatable bonds is 3. The number of nitrogens with zero attached hydrogens (tertiary/aromatic N) is 3. The molecule has 0 bridgehead atoms. The lowest BCUT2D eigenvalue weighted by Crippen LogP contribution is -2.03. The summed E-state index contributed by atoms with van der Waals surface area (Å²) in [5, 5.41) is 16.6. The van der Waals surface area contributed by atoms with E-state index in [4.69, 9.17) is 0 Å². The van der Waals surface area contributed by atoms with Crippen molar-refractivity contribution in [3.8, 4) is 16.9 Å². The average Bonchev–Trinajstić information content (AvgIpc) is 2.92. The molecule has 0 saturated carbocycles. The fourth-order valence-corrected chi connectivity index (χ4v) is 2.11. The van der Waals surface area contributed by atoms with Crippen LogP contribution in [0.5, 0.6) is 0 Å². The van der Waals surface area contributed by atoms with Crippen molar-refractivity contribution in [3.05, 3.63) is 65.9 Å². The Labute approximate surface area is 123 Å². The normalized spacial score (nSPS) is 10.6. The van der Waals surface area contributed by atoms with E-state index in [0.717, 1.165) is 0 Å². The predicted octanol–water partition coefficient (Wildman–Crippen LogP) is 2.91. The van der Waals surface area contributed by atoms with Crippen molar-refractivity contribution in [2.75, 3.05) is 0 Å². The van der Waals surface area contributed by atoms with E-state index < -0.39 is 17.6 Å². The molecule has 0 unspecified atom stereocenters. The van der Waals surface area contributed by atoms with Gasteiger partial charge in [0.25, 0.3) is 0 Å². The molecule has 110 valence electrons. The molecule has 1 N–H and O–H groups in total. The Balaban J connectivity index is 2.26. The summed E-state index contributed by atoms with van der Waals surface area (Å²) in [6.07, 6.45) is 0. The summed E-state index contributed by atoms with van der Waals surface area (Å²) in [6.45, 7) is 0. The smallest absolute Gasteiger partial charge is 0.358 e. The van der Waals surface area contributed by atoms with Crippen LogP contribution in [-0.4, -0.2) is 26.1 Å². The van der Waals surface area contributed by atoms with Crippen LogP contribution in [0.1, 0.15) is 10.5 Å². The number of halogens is 2. The summed E-state index contributed by atoms with van der Waals surface area (Å²) >= 11 is 0. The van der Waals surface area contributed by atoms with Crippen molar-refractivity contribution < 1.29 is 18.7 Å². The molecule has 0 radical (unpaired) electrons. The Hall–Kier alpha value is -3.09. The number of carboxylic acids is 1. The van der Waals surface area contributed by atoms with Crippen LogP contribution in [-0.2, 0) is 0 Å². The predicted molar refractivity (Wildman–Crippen MR) is 73.7 cm³/mol. The quantitative estimate of drug-likeness (QED) is 0.807. The topological polar surface area (TPSA) is 68.0 Å². The number of carbonyl (C=O) groups is 1. The van der Waals surface area contributed by atoms with Crippen molar-refractivity contribution >= 4 is 5.97 Å². The van der Waals surface area contributed by atoms with Gasteiger partial charge in [0, 0.05) is 5.56 Å². The minimum Gasteiger partial charge on any atom is -0.476 e. The first kappa shape index (κ1) is 13.9. The highest BCUT2D eigenvalue weighted by molar-refractivity contribution is 5.93. The minimum atomic E-state index is -1.30. The second-order valence-corrected chi connectivity index (χ2v) is 4.49. The number of carboxylic acid groups (broad SMARTS) is 1. The Morgan fingerprint density at radius 2 is 1.73 bits per heavy atom.